The third-order valence-corrected chi connectivity index (χ3v) is 7.54. The first-order valence-electron chi connectivity index (χ1n) is 9.08. The molecule has 2 aliphatic heterocycles. The van der Waals surface area contributed by atoms with Crippen LogP contribution in [0, 0.1) is 17.3 Å². The van der Waals surface area contributed by atoms with Gasteiger partial charge in [-0.2, -0.15) is 0 Å². The topological polar surface area (TPSA) is 15.3 Å². The maximum absolute atomic E-state index is 3.62. The van der Waals surface area contributed by atoms with Crippen molar-refractivity contribution in [1.29, 1.82) is 0 Å². The van der Waals surface area contributed by atoms with Crippen molar-refractivity contribution in [1.82, 2.24) is 10.2 Å². The fourth-order valence-corrected chi connectivity index (χ4v) is 6.22. The number of fused-ring (bicyclic) bond motifs is 1. The predicted octanol–water partition coefficient (Wildman–Crippen LogP) is 3.42. The highest BCUT2D eigenvalue weighted by molar-refractivity contribution is 5.07. The molecule has 114 valence electrons. The molecular weight excluding hydrogens is 244 g/mol. The molecule has 20 heavy (non-hydrogen) atoms. The third-order valence-electron chi connectivity index (χ3n) is 7.54. The van der Waals surface area contributed by atoms with E-state index in [0.29, 0.717) is 5.54 Å². The van der Waals surface area contributed by atoms with E-state index in [1.54, 1.807) is 0 Å². The van der Waals surface area contributed by atoms with Crippen molar-refractivity contribution in [3.05, 3.63) is 0 Å². The third kappa shape index (κ3) is 1.98. The maximum Gasteiger partial charge on any atom is 0.0200 e. The maximum atomic E-state index is 3.62. The Hall–Kier alpha value is -0.0800. The molecule has 2 nitrogen and oxygen atoms in total. The fraction of sp³-hybridized carbons (Fsp3) is 1.00. The molecule has 0 bridgehead atoms. The first-order chi connectivity index (χ1) is 9.61. The minimum Gasteiger partial charge on any atom is -0.316 e. The monoisotopic (exact) mass is 276 g/mol. The summed E-state index contributed by atoms with van der Waals surface area (Å²) >= 11 is 0. The lowest BCUT2D eigenvalue weighted by molar-refractivity contribution is 0.0371. The van der Waals surface area contributed by atoms with Gasteiger partial charge in [-0.25, -0.2) is 0 Å². The van der Waals surface area contributed by atoms with Crippen molar-refractivity contribution in [3.63, 3.8) is 0 Å². The summed E-state index contributed by atoms with van der Waals surface area (Å²) in [5.74, 6) is 1.82. The molecule has 2 unspecified atom stereocenters. The average molecular weight is 276 g/mol. The Morgan fingerprint density at radius 1 is 0.950 bits per heavy atom. The van der Waals surface area contributed by atoms with Crippen LogP contribution in [0.5, 0.6) is 0 Å². The van der Waals surface area contributed by atoms with E-state index in [0.717, 1.165) is 23.3 Å². The first kappa shape index (κ1) is 13.6. The molecule has 2 heteroatoms. The van der Waals surface area contributed by atoms with Crippen molar-refractivity contribution in [2.24, 2.45) is 17.3 Å². The van der Waals surface area contributed by atoms with Crippen LogP contribution in [0.3, 0.4) is 0 Å². The number of hydrogen-bond acceptors (Lipinski definition) is 2. The van der Waals surface area contributed by atoms with Gasteiger partial charge in [-0.3, -0.25) is 4.90 Å². The molecule has 4 fully saturated rings. The zero-order valence-corrected chi connectivity index (χ0v) is 13.5. The van der Waals surface area contributed by atoms with E-state index in [2.05, 4.69) is 24.1 Å². The van der Waals surface area contributed by atoms with Gasteiger partial charge in [-0.05, 0) is 76.2 Å². The summed E-state index contributed by atoms with van der Waals surface area (Å²) in [5, 5.41) is 3.62. The first-order valence-corrected chi connectivity index (χ1v) is 9.08. The second kappa shape index (κ2) is 4.71. The number of nitrogens with one attached hydrogen (secondary N) is 1. The van der Waals surface area contributed by atoms with E-state index < -0.39 is 0 Å². The van der Waals surface area contributed by atoms with E-state index >= 15 is 0 Å². The van der Waals surface area contributed by atoms with E-state index in [1.165, 1.54) is 71.0 Å². The van der Waals surface area contributed by atoms with Crippen LogP contribution in [0.4, 0.5) is 0 Å². The highest BCUT2D eigenvalue weighted by atomic mass is 15.3. The van der Waals surface area contributed by atoms with Gasteiger partial charge in [0, 0.05) is 24.7 Å². The molecule has 0 aromatic heterocycles. The largest absolute Gasteiger partial charge is 0.316 e. The molecule has 0 aromatic carbocycles. The standard InChI is InChI=1S/C18H32N2/c1-17(2)16-12-19-11-14(16)13-20(17)15-5-9-18(10-6-15)7-3-4-8-18/h14-16,19H,3-13H2,1-2H3. The van der Waals surface area contributed by atoms with Gasteiger partial charge in [0.05, 0.1) is 0 Å². The molecule has 2 aliphatic carbocycles. The van der Waals surface area contributed by atoms with E-state index in [-0.39, 0.29) is 0 Å². The van der Waals surface area contributed by atoms with Crippen molar-refractivity contribution >= 4 is 0 Å². The smallest absolute Gasteiger partial charge is 0.0200 e. The summed E-state index contributed by atoms with van der Waals surface area (Å²) in [6.07, 6.45) is 12.1. The normalized spacial score (nSPS) is 40.5. The predicted molar refractivity (Wildman–Crippen MR) is 83.8 cm³/mol. The van der Waals surface area contributed by atoms with Gasteiger partial charge in [0.15, 0.2) is 0 Å². The van der Waals surface area contributed by atoms with Gasteiger partial charge in [0.2, 0.25) is 0 Å². The second-order valence-corrected chi connectivity index (χ2v) is 8.77. The molecule has 2 heterocycles. The summed E-state index contributed by atoms with van der Waals surface area (Å²) in [4.78, 5) is 2.92. The Morgan fingerprint density at radius 3 is 2.30 bits per heavy atom. The van der Waals surface area contributed by atoms with Crippen LogP contribution in [-0.4, -0.2) is 36.1 Å². The van der Waals surface area contributed by atoms with Gasteiger partial charge in [-0.15, -0.1) is 0 Å². The van der Waals surface area contributed by atoms with Crippen molar-refractivity contribution < 1.29 is 0 Å². The van der Waals surface area contributed by atoms with Crippen LogP contribution in [0.2, 0.25) is 0 Å². The molecule has 4 aliphatic rings. The molecule has 1 spiro atoms. The SMILES string of the molecule is CC1(C)C2CNCC2CN1C1CCC2(CCCC2)CC1. The quantitative estimate of drug-likeness (QED) is 0.789. The molecule has 4 rings (SSSR count). The Morgan fingerprint density at radius 2 is 1.65 bits per heavy atom. The summed E-state index contributed by atoms with van der Waals surface area (Å²) in [7, 11) is 0. The molecule has 0 radical (unpaired) electrons. The summed E-state index contributed by atoms with van der Waals surface area (Å²) in [6, 6.07) is 0.891. The number of hydrogen-bond donors (Lipinski definition) is 1. The van der Waals surface area contributed by atoms with E-state index in [9.17, 15) is 0 Å². The molecule has 2 atom stereocenters. The number of nitrogens with zero attached hydrogens (tertiary/aromatic N) is 1. The lowest BCUT2D eigenvalue weighted by Crippen LogP contribution is -2.51. The minimum absolute atomic E-state index is 0.430. The molecule has 0 aromatic rings. The zero-order chi connectivity index (χ0) is 13.8. The van der Waals surface area contributed by atoms with Crippen LogP contribution in [0.15, 0.2) is 0 Å². The summed E-state index contributed by atoms with van der Waals surface area (Å²) in [6.45, 7) is 8.92. The van der Waals surface area contributed by atoms with Crippen molar-refractivity contribution in [3.8, 4) is 0 Å². The number of likely N-dealkylation sites (tertiary alicyclic amines) is 1. The van der Waals surface area contributed by atoms with Crippen LogP contribution >= 0.6 is 0 Å². The number of rotatable bonds is 1. The lowest BCUT2D eigenvalue weighted by atomic mass is 9.70. The molecule has 1 N–H and O–H groups in total. The van der Waals surface area contributed by atoms with Gasteiger partial charge >= 0.3 is 0 Å². The molecular formula is C18H32N2. The van der Waals surface area contributed by atoms with Crippen molar-refractivity contribution in [2.45, 2.75) is 76.8 Å². The Bertz CT molecular complexity index is 360. The van der Waals surface area contributed by atoms with Crippen molar-refractivity contribution in [2.75, 3.05) is 19.6 Å². The van der Waals surface area contributed by atoms with Gasteiger partial charge in [0.25, 0.3) is 0 Å². The molecule has 2 saturated heterocycles. The van der Waals surface area contributed by atoms with E-state index in [4.69, 9.17) is 0 Å². The lowest BCUT2D eigenvalue weighted by Gasteiger charge is -2.46. The summed E-state index contributed by atoms with van der Waals surface area (Å²) in [5.41, 5.74) is 1.22. The summed E-state index contributed by atoms with van der Waals surface area (Å²) < 4.78 is 0. The van der Waals surface area contributed by atoms with E-state index in [1.807, 2.05) is 0 Å². The Labute approximate surface area is 124 Å². The highest BCUT2D eigenvalue weighted by Gasteiger charge is 2.52. The second-order valence-electron chi connectivity index (χ2n) is 8.77. The minimum atomic E-state index is 0.430. The fourth-order valence-electron chi connectivity index (χ4n) is 6.22. The molecule has 0 amide bonds. The van der Waals surface area contributed by atoms with Gasteiger partial charge in [-0.1, -0.05) is 12.8 Å². The van der Waals surface area contributed by atoms with Crippen LogP contribution in [0.1, 0.15) is 65.2 Å². The Balaban J connectivity index is 1.44. The molecule has 2 saturated carbocycles. The Kier molecular flexibility index (Phi) is 3.20. The van der Waals surface area contributed by atoms with Crippen LogP contribution in [0.25, 0.3) is 0 Å². The average Bonchev–Trinajstić information content (AvgIpc) is 3.11. The zero-order valence-electron chi connectivity index (χ0n) is 13.5. The van der Waals surface area contributed by atoms with Crippen LogP contribution in [-0.2, 0) is 0 Å². The van der Waals surface area contributed by atoms with Gasteiger partial charge in [0.1, 0.15) is 0 Å². The highest BCUT2D eigenvalue weighted by Crippen LogP contribution is 2.52. The van der Waals surface area contributed by atoms with Gasteiger partial charge < -0.3 is 5.32 Å². The van der Waals surface area contributed by atoms with Crippen LogP contribution < -0.4 is 5.32 Å².